The maximum absolute atomic E-state index is 10.4. The Morgan fingerprint density at radius 1 is 1.35 bits per heavy atom. The summed E-state index contributed by atoms with van der Waals surface area (Å²) in [6.45, 7) is 8.61. The third-order valence-electron chi connectivity index (χ3n) is 4.38. The fourth-order valence-electron chi connectivity index (χ4n) is 2.97. The fraction of sp³-hybridized carbons (Fsp3) is 1.00. The van der Waals surface area contributed by atoms with Gasteiger partial charge in [-0.15, -0.1) is 0 Å². The van der Waals surface area contributed by atoms with Crippen molar-refractivity contribution in [2.75, 3.05) is 27.2 Å². The Kier molecular flexibility index (Phi) is 4.99. The lowest BCUT2D eigenvalue weighted by Gasteiger charge is -2.38. The van der Waals surface area contributed by atoms with Gasteiger partial charge < -0.3 is 15.3 Å². The van der Waals surface area contributed by atoms with Crippen LogP contribution in [0, 0.1) is 5.41 Å². The van der Waals surface area contributed by atoms with Crippen molar-refractivity contribution in [3.8, 4) is 0 Å². The van der Waals surface area contributed by atoms with Crippen molar-refractivity contribution >= 4 is 0 Å². The van der Waals surface area contributed by atoms with Crippen molar-refractivity contribution in [1.82, 2.24) is 10.2 Å². The Morgan fingerprint density at radius 2 is 1.88 bits per heavy atom. The first kappa shape index (κ1) is 14.9. The third kappa shape index (κ3) is 4.23. The minimum atomic E-state index is -0.423. The monoisotopic (exact) mass is 242 g/mol. The Hall–Kier alpha value is -0.120. The molecule has 0 spiro atoms. The minimum Gasteiger partial charge on any atom is -0.389 e. The van der Waals surface area contributed by atoms with Crippen molar-refractivity contribution in [2.24, 2.45) is 5.41 Å². The van der Waals surface area contributed by atoms with Crippen LogP contribution in [0.2, 0.25) is 0 Å². The first-order chi connectivity index (χ1) is 7.79. The Bertz CT molecular complexity index is 234. The van der Waals surface area contributed by atoms with Crippen molar-refractivity contribution < 1.29 is 5.11 Å². The number of nitrogens with zero attached hydrogens (tertiary/aromatic N) is 1. The van der Waals surface area contributed by atoms with Crippen LogP contribution in [0.1, 0.15) is 46.5 Å². The van der Waals surface area contributed by atoms with Crippen LogP contribution < -0.4 is 5.32 Å². The molecule has 102 valence electrons. The van der Waals surface area contributed by atoms with Crippen LogP contribution in [0.15, 0.2) is 0 Å². The molecule has 1 fully saturated rings. The minimum absolute atomic E-state index is 0.221. The van der Waals surface area contributed by atoms with Gasteiger partial charge >= 0.3 is 0 Å². The van der Waals surface area contributed by atoms with E-state index in [-0.39, 0.29) is 5.41 Å². The van der Waals surface area contributed by atoms with E-state index in [1.807, 2.05) is 7.05 Å². The largest absolute Gasteiger partial charge is 0.389 e. The number of rotatable bonds is 6. The molecule has 1 atom stereocenters. The molecule has 17 heavy (non-hydrogen) atoms. The van der Waals surface area contributed by atoms with Gasteiger partial charge in [0, 0.05) is 19.1 Å². The molecule has 0 aromatic carbocycles. The molecule has 1 aliphatic carbocycles. The van der Waals surface area contributed by atoms with Crippen LogP contribution in [0.4, 0.5) is 0 Å². The predicted molar refractivity (Wildman–Crippen MR) is 73.2 cm³/mol. The summed E-state index contributed by atoms with van der Waals surface area (Å²) in [5.74, 6) is 0. The van der Waals surface area contributed by atoms with Crippen LogP contribution in [0.5, 0.6) is 0 Å². The van der Waals surface area contributed by atoms with Gasteiger partial charge in [0.05, 0.1) is 5.60 Å². The van der Waals surface area contributed by atoms with Gasteiger partial charge in [-0.25, -0.2) is 0 Å². The first-order valence-corrected chi connectivity index (χ1v) is 6.87. The van der Waals surface area contributed by atoms with Gasteiger partial charge in [0.15, 0.2) is 0 Å². The number of aliphatic hydroxyl groups is 1. The second kappa shape index (κ2) is 5.68. The average Bonchev–Trinajstić information content (AvgIpc) is 2.62. The average molecular weight is 242 g/mol. The van der Waals surface area contributed by atoms with Crippen LogP contribution >= 0.6 is 0 Å². The second-order valence-corrected chi connectivity index (χ2v) is 6.60. The van der Waals surface area contributed by atoms with Gasteiger partial charge in [0.2, 0.25) is 0 Å². The standard InChI is InChI=1S/C14H30N2O/c1-12(15-4)13(2,3)10-16(5)11-14(17)8-6-7-9-14/h12,15,17H,6-11H2,1-5H3. The third-order valence-corrected chi connectivity index (χ3v) is 4.38. The molecule has 0 aromatic heterocycles. The summed E-state index contributed by atoms with van der Waals surface area (Å²) in [6.07, 6.45) is 4.31. The molecule has 1 aliphatic rings. The van der Waals surface area contributed by atoms with E-state index in [4.69, 9.17) is 0 Å². The molecule has 0 aliphatic heterocycles. The lowest BCUT2D eigenvalue weighted by atomic mass is 9.84. The first-order valence-electron chi connectivity index (χ1n) is 6.87. The van der Waals surface area contributed by atoms with E-state index in [1.54, 1.807) is 0 Å². The van der Waals surface area contributed by atoms with E-state index in [1.165, 1.54) is 12.8 Å². The molecule has 0 amide bonds. The number of hydrogen-bond donors (Lipinski definition) is 2. The smallest absolute Gasteiger partial charge is 0.0774 e. The Labute approximate surface area is 107 Å². The summed E-state index contributed by atoms with van der Waals surface area (Å²) in [6, 6.07) is 0.475. The molecule has 0 aromatic rings. The predicted octanol–water partition coefficient (Wildman–Crippen LogP) is 1.86. The summed E-state index contributed by atoms with van der Waals surface area (Å²) in [5.41, 5.74) is -0.202. The van der Waals surface area contributed by atoms with Gasteiger partial charge in [-0.3, -0.25) is 0 Å². The summed E-state index contributed by atoms with van der Waals surface area (Å²) < 4.78 is 0. The molecule has 1 unspecified atom stereocenters. The van der Waals surface area contributed by atoms with Crippen molar-refractivity contribution in [2.45, 2.75) is 58.1 Å². The van der Waals surface area contributed by atoms with Crippen LogP contribution in [0.3, 0.4) is 0 Å². The molecule has 1 rings (SSSR count). The van der Waals surface area contributed by atoms with Gasteiger partial charge in [-0.1, -0.05) is 26.7 Å². The summed E-state index contributed by atoms with van der Waals surface area (Å²) >= 11 is 0. The van der Waals surface area contributed by atoms with Gasteiger partial charge in [0.1, 0.15) is 0 Å². The van der Waals surface area contributed by atoms with Crippen molar-refractivity contribution in [1.29, 1.82) is 0 Å². The lowest BCUT2D eigenvalue weighted by Crippen LogP contribution is -2.48. The number of hydrogen-bond acceptors (Lipinski definition) is 3. The van der Waals surface area contributed by atoms with Crippen molar-refractivity contribution in [3.63, 3.8) is 0 Å². The maximum Gasteiger partial charge on any atom is 0.0774 e. The van der Waals surface area contributed by atoms with E-state index in [0.717, 1.165) is 25.9 Å². The normalized spacial score (nSPS) is 22.1. The maximum atomic E-state index is 10.4. The SMILES string of the molecule is CNC(C)C(C)(C)CN(C)CC1(O)CCCC1. The zero-order valence-electron chi connectivity index (χ0n) is 12.2. The fourth-order valence-corrected chi connectivity index (χ4v) is 2.97. The quantitative estimate of drug-likeness (QED) is 0.746. The highest BCUT2D eigenvalue weighted by Gasteiger charge is 2.34. The molecule has 1 saturated carbocycles. The van der Waals surface area contributed by atoms with Gasteiger partial charge in [0.25, 0.3) is 0 Å². The topological polar surface area (TPSA) is 35.5 Å². The van der Waals surface area contributed by atoms with E-state index < -0.39 is 5.60 Å². The zero-order valence-corrected chi connectivity index (χ0v) is 12.2. The summed E-state index contributed by atoms with van der Waals surface area (Å²) in [5, 5.41) is 13.7. The van der Waals surface area contributed by atoms with E-state index in [0.29, 0.717) is 6.04 Å². The van der Waals surface area contributed by atoms with E-state index in [9.17, 15) is 5.11 Å². The molecular formula is C14H30N2O. The zero-order chi connectivity index (χ0) is 13.1. The van der Waals surface area contributed by atoms with E-state index in [2.05, 4.69) is 38.0 Å². The highest BCUT2D eigenvalue weighted by atomic mass is 16.3. The van der Waals surface area contributed by atoms with E-state index >= 15 is 0 Å². The molecule has 3 heteroatoms. The van der Waals surface area contributed by atoms with Crippen molar-refractivity contribution in [3.05, 3.63) is 0 Å². The molecule has 0 radical (unpaired) electrons. The molecule has 2 N–H and O–H groups in total. The number of nitrogens with one attached hydrogen (secondary N) is 1. The Morgan fingerprint density at radius 3 is 2.35 bits per heavy atom. The summed E-state index contributed by atoms with van der Waals surface area (Å²) in [4.78, 5) is 2.29. The van der Waals surface area contributed by atoms with Gasteiger partial charge in [-0.2, -0.15) is 0 Å². The van der Waals surface area contributed by atoms with Crippen LogP contribution in [-0.2, 0) is 0 Å². The molecule has 0 saturated heterocycles. The van der Waals surface area contributed by atoms with Crippen LogP contribution in [0.25, 0.3) is 0 Å². The second-order valence-electron chi connectivity index (χ2n) is 6.60. The highest BCUT2D eigenvalue weighted by Crippen LogP contribution is 2.31. The van der Waals surface area contributed by atoms with Crippen LogP contribution in [-0.4, -0.2) is 48.8 Å². The summed E-state index contributed by atoms with van der Waals surface area (Å²) in [7, 11) is 4.14. The molecule has 3 nitrogen and oxygen atoms in total. The Balaban J connectivity index is 2.45. The lowest BCUT2D eigenvalue weighted by molar-refractivity contribution is 0.00569. The number of likely N-dealkylation sites (N-methyl/N-ethyl adjacent to an activating group) is 1. The van der Waals surface area contributed by atoms with Gasteiger partial charge in [-0.05, 0) is 39.3 Å². The highest BCUT2D eigenvalue weighted by molar-refractivity contribution is 4.89. The molecular weight excluding hydrogens is 212 g/mol. The molecule has 0 heterocycles. The molecule has 0 bridgehead atoms.